The first-order chi connectivity index (χ1) is 8.13. The van der Waals surface area contributed by atoms with Gasteiger partial charge in [0.05, 0.1) is 20.3 Å². The van der Waals surface area contributed by atoms with Crippen molar-refractivity contribution >= 4 is 5.97 Å². The monoisotopic (exact) mass is 236 g/mol. The van der Waals surface area contributed by atoms with Crippen LogP contribution in [0.15, 0.2) is 36.4 Å². The molecule has 17 heavy (non-hydrogen) atoms. The molecule has 0 atom stereocenters. The standard InChI is InChI=1S/C13H16O4/c1-10(13(14)15)6-7-17-9-11-4-3-5-12(8-11)16-2/h3-5,8H,1,6-7,9H2,2H3,(H,14,15). The largest absolute Gasteiger partial charge is 0.497 e. The normalized spacial score (nSPS) is 9.94. The number of ether oxygens (including phenoxy) is 2. The molecule has 0 unspecified atom stereocenters. The molecule has 4 heteroatoms. The Morgan fingerprint density at radius 2 is 2.24 bits per heavy atom. The smallest absolute Gasteiger partial charge is 0.331 e. The summed E-state index contributed by atoms with van der Waals surface area (Å²) in [5.74, 6) is -0.198. The first kappa shape index (κ1) is 13.3. The van der Waals surface area contributed by atoms with Gasteiger partial charge in [-0.2, -0.15) is 0 Å². The summed E-state index contributed by atoms with van der Waals surface area (Å²) in [7, 11) is 1.61. The number of hydrogen-bond acceptors (Lipinski definition) is 3. The molecule has 0 fully saturated rings. The van der Waals surface area contributed by atoms with E-state index in [-0.39, 0.29) is 5.57 Å². The molecule has 1 aromatic rings. The van der Waals surface area contributed by atoms with Crippen LogP contribution in [0.5, 0.6) is 5.75 Å². The molecule has 0 saturated carbocycles. The lowest BCUT2D eigenvalue weighted by Crippen LogP contribution is -2.03. The Balaban J connectivity index is 2.31. The molecule has 1 rings (SSSR count). The number of benzene rings is 1. The zero-order valence-corrected chi connectivity index (χ0v) is 9.81. The number of hydrogen-bond donors (Lipinski definition) is 1. The van der Waals surface area contributed by atoms with E-state index < -0.39 is 5.97 Å². The topological polar surface area (TPSA) is 55.8 Å². The Bertz CT molecular complexity index is 398. The van der Waals surface area contributed by atoms with E-state index in [1.165, 1.54) is 0 Å². The third-order valence-corrected chi connectivity index (χ3v) is 2.25. The van der Waals surface area contributed by atoms with Crippen molar-refractivity contribution in [1.82, 2.24) is 0 Å². The average molecular weight is 236 g/mol. The van der Waals surface area contributed by atoms with Crippen molar-refractivity contribution in [3.05, 3.63) is 42.0 Å². The lowest BCUT2D eigenvalue weighted by atomic mass is 10.2. The van der Waals surface area contributed by atoms with Crippen molar-refractivity contribution in [2.45, 2.75) is 13.0 Å². The minimum Gasteiger partial charge on any atom is -0.497 e. The van der Waals surface area contributed by atoms with Gasteiger partial charge >= 0.3 is 5.97 Å². The Labute approximate surface area is 100 Å². The lowest BCUT2D eigenvalue weighted by Gasteiger charge is -2.06. The molecule has 0 aliphatic carbocycles. The van der Waals surface area contributed by atoms with Crippen LogP contribution < -0.4 is 4.74 Å². The number of methoxy groups -OCH3 is 1. The van der Waals surface area contributed by atoms with Crippen LogP contribution in [-0.2, 0) is 16.1 Å². The van der Waals surface area contributed by atoms with Gasteiger partial charge in [-0.15, -0.1) is 0 Å². The van der Waals surface area contributed by atoms with Crippen LogP contribution in [0.3, 0.4) is 0 Å². The minimum absolute atomic E-state index is 0.163. The van der Waals surface area contributed by atoms with Crippen LogP contribution in [0, 0.1) is 0 Å². The highest BCUT2D eigenvalue weighted by molar-refractivity contribution is 5.85. The predicted octanol–water partition coefficient (Wildman–Crippen LogP) is 2.24. The van der Waals surface area contributed by atoms with Gasteiger partial charge in [-0.05, 0) is 17.7 Å². The van der Waals surface area contributed by atoms with E-state index in [0.717, 1.165) is 11.3 Å². The molecule has 0 spiro atoms. The van der Waals surface area contributed by atoms with Crippen LogP contribution in [-0.4, -0.2) is 24.8 Å². The summed E-state index contributed by atoms with van der Waals surface area (Å²) in [4.78, 5) is 10.5. The molecule has 4 nitrogen and oxygen atoms in total. The first-order valence-electron chi connectivity index (χ1n) is 5.25. The summed E-state index contributed by atoms with van der Waals surface area (Å²) in [5, 5.41) is 8.60. The van der Waals surface area contributed by atoms with Gasteiger partial charge in [0, 0.05) is 12.0 Å². The van der Waals surface area contributed by atoms with Crippen LogP contribution in [0.2, 0.25) is 0 Å². The number of carbonyl (C=O) groups is 1. The molecule has 0 heterocycles. The second-order valence-corrected chi connectivity index (χ2v) is 3.56. The Morgan fingerprint density at radius 1 is 1.47 bits per heavy atom. The molecule has 0 aliphatic rings. The van der Waals surface area contributed by atoms with E-state index in [0.29, 0.717) is 19.6 Å². The number of rotatable bonds is 7. The summed E-state index contributed by atoms with van der Waals surface area (Å²) >= 11 is 0. The number of aliphatic carboxylic acids is 1. The Morgan fingerprint density at radius 3 is 2.88 bits per heavy atom. The molecule has 1 aromatic carbocycles. The van der Waals surface area contributed by atoms with Gasteiger partial charge in [0.15, 0.2) is 0 Å². The van der Waals surface area contributed by atoms with E-state index in [4.69, 9.17) is 14.6 Å². The second kappa shape index (κ2) is 6.70. The van der Waals surface area contributed by atoms with Crippen molar-refractivity contribution < 1.29 is 19.4 Å². The van der Waals surface area contributed by atoms with Gasteiger partial charge in [-0.3, -0.25) is 0 Å². The molecule has 1 N–H and O–H groups in total. The highest BCUT2D eigenvalue weighted by Gasteiger charge is 2.03. The van der Waals surface area contributed by atoms with E-state index in [2.05, 4.69) is 6.58 Å². The summed E-state index contributed by atoms with van der Waals surface area (Å²) in [6.45, 7) is 4.21. The van der Waals surface area contributed by atoms with Crippen LogP contribution in [0.25, 0.3) is 0 Å². The van der Waals surface area contributed by atoms with E-state index >= 15 is 0 Å². The SMILES string of the molecule is C=C(CCOCc1cccc(OC)c1)C(=O)O. The second-order valence-electron chi connectivity index (χ2n) is 3.56. The maximum Gasteiger partial charge on any atom is 0.331 e. The van der Waals surface area contributed by atoms with Crippen molar-refractivity contribution in [1.29, 1.82) is 0 Å². The highest BCUT2D eigenvalue weighted by Crippen LogP contribution is 2.13. The summed E-state index contributed by atoms with van der Waals surface area (Å²) in [6.07, 6.45) is 0.333. The number of carboxylic acid groups (broad SMARTS) is 1. The molecule has 0 aromatic heterocycles. The predicted molar refractivity (Wildman–Crippen MR) is 64.0 cm³/mol. The molecule has 0 bridgehead atoms. The van der Waals surface area contributed by atoms with Crippen molar-refractivity contribution in [3.8, 4) is 5.75 Å². The van der Waals surface area contributed by atoms with Crippen LogP contribution in [0.4, 0.5) is 0 Å². The first-order valence-corrected chi connectivity index (χ1v) is 5.25. The molecule has 0 amide bonds. The van der Waals surface area contributed by atoms with E-state index in [1.54, 1.807) is 7.11 Å². The maximum absolute atomic E-state index is 10.5. The molecule has 92 valence electrons. The Hall–Kier alpha value is -1.81. The molecule has 0 aliphatic heterocycles. The van der Waals surface area contributed by atoms with Crippen molar-refractivity contribution in [3.63, 3.8) is 0 Å². The third-order valence-electron chi connectivity index (χ3n) is 2.25. The molecule has 0 saturated heterocycles. The van der Waals surface area contributed by atoms with Gasteiger partial charge < -0.3 is 14.6 Å². The maximum atomic E-state index is 10.5. The summed E-state index contributed by atoms with van der Waals surface area (Å²) in [5.41, 5.74) is 1.15. The Kier molecular flexibility index (Phi) is 5.23. The van der Waals surface area contributed by atoms with Gasteiger partial charge in [0.2, 0.25) is 0 Å². The number of carboxylic acids is 1. The molecular weight excluding hydrogens is 220 g/mol. The minimum atomic E-state index is -0.977. The van der Waals surface area contributed by atoms with E-state index in [9.17, 15) is 4.79 Å². The quantitative estimate of drug-likeness (QED) is 0.582. The highest BCUT2D eigenvalue weighted by atomic mass is 16.5. The van der Waals surface area contributed by atoms with Crippen molar-refractivity contribution in [2.24, 2.45) is 0 Å². The van der Waals surface area contributed by atoms with Gasteiger partial charge in [-0.25, -0.2) is 4.79 Å². The fourth-order valence-corrected chi connectivity index (χ4v) is 1.25. The average Bonchev–Trinajstić information content (AvgIpc) is 2.34. The zero-order chi connectivity index (χ0) is 12.7. The third kappa shape index (κ3) is 4.70. The van der Waals surface area contributed by atoms with Crippen LogP contribution in [0.1, 0.15) is 12.0 Å². The van der Waals surface area contributed by atoms with Gasteiger partial charge in [-0.1, -0.05) is 18.7 Å². The van der Waals surface area contributed by atoms with E-state index in [1.807, 2.05) is 24.3 Å². The van der Waals surface area contributed by atoms with Crippen molar-refractivity contribution in [2.75, 3.05) is 13.7 Å². The zero-order valence-electron chi connectivity index (χ0n) is 9.81. The van der Waals surface area contributed by atoms with Gasteiger partial charge in [0.1, 0.15) is 5.75 Å². The fraction of sp³-hybridized carbons (Fsp3) is 0.308. The lowest BCUT2D eigenvalue weighted by molar-refractivity contribution is -0.132. The fourth-order valence-electron chi connectivity index (χ4n) is 1.25. The van der Waals surface area contributed by atoms with Crippen LogP contribution >= 0.6 is 0 Å². The summed E-state index contributed by atoms with van der Waals surface area (Å²) < 4.78 is 10.4. The van der Waals surface area contributed by atoms with Gasteiger partial charge in [0.25, 0.3) is 0 Å². The molecule has 0 radical (unpaired) electrons. The molecular formula is C13H16O4. The summed E-state index contributed by atoms with van der Waals surface area (Å²) in [6, 6.07) is 7.55.